The number of hydrogen-bond acceptors (Lipinski definition) is 26. The first-order chi connectivity index (χ1) is 33.1. The highest BCUT2D eigenvalue weighted by molar-refractivity contribution is 5.74. The van der Waals surface area contributed by atoms with Crippen LogP contribution in [0.25, 0.3) is 0 Å². The highest BCUT2D eigenvalue weighted by Crippen LogP contribution is 2.36. The second-order valence-corrected chi connectivity index (χ2v) is 17.2. The number of ether oxygens (including phenoxy) is 11. The van der Waals surface area contributed by atoms with Gasteiger partial charge in [0.25, 0.3) is 0 Å². The number of amides is 2. The summed E-state index contributed by atoms with van der Waals surface area (Å²) in [6, 6.07) is 3.11. The van der Waals surface area contributed by atoms with Crippen molar-refractivity contribution >= 4 is 17.8 Å². The number of hydrogen-bond donors (Lipinski definition) is 15. The number of methoxy groups -OCH3 is 1. The lowest BCUT2D eigenvalue weighted by Gasteiger charge is -2.50. The molecule has 0 aromatic heterocycles. The number of nitrogens with one attached hydrogen (secondary N) is 2. The van der Waals surface area contributed by atoms with Crippen molar-refractivity contribution in [3.63, 3.8) is 0 Å². The molecule has 15 N–H and O–H groups in total. The number of aliphatic carboxylic acids is 1. The standard InChI is InChI=1S/C41H62N2O27/c1-12-31(27(54)29(56)39(61-12)67-32-20(42-13(2)47)37(63-17(9-44)22(32)49)62-16-7-5-15(60-4)6-8-16)66-41-30(57)34(24(51)19(11-46)65-41)69-38-21(43-14(3)48)33(23(50)18(10-45)64-38)68-40-28(55)25(52)26(53)35(70-40)36(58)59/h5-8,12,17-35,37-41,44-46,49-57H,9-11H2,1-4H3,(H,42,47)(H,43,48)(H,58,59)/t12-,17+,18+,19+,20+,21+,22+,23-,24-,25-,26+,27-,28+,29+,30+,31-,32+,33+,34-,35-,37+,38-,39-,40-,41+/m0/s1. The molecular weight excluding hydrogens is 952 g/mol. The molecule has 0 radical (unpaired) electrons. The smallest absolute Gasteiger partial charge is 0.335 e. The van der Waals surface area contributed by atoms with Crippen molar-refractivity contribution < 1.29 is 133 Å². The molecular formula is C41H62N2O27. The van der Waals surface area contributed by atoms with Gasteiger partial charge in [0.2, 0.25) is 18.1 Å². The summed E-state index contributed by atoms with van der Waals surface area (Å²) < 4.78 is 63.1. The van der Waals surface area contributed by atoms with Crippen molar-refractivity contribution in [3.05, 3.63) is 24.3 Å². The van der Waals surface area contributed by atoms with Gasteiger partial charge in [0.05, 0.1) is 33.0 Å². The number of benzene rings is 1. The average Bonchev–Trinajstić information content (AvgIpc) is 3.32. The number of carbonyl (C=O) groups excluding carboxylic acids is 2. The van der Waals surface area contributed by atoms with Crippen molar-refractivity contribution in [1.82, 2.24) is 10.6 Å². The van der Waals surface area contributed by atoms with Crippen LogP contribution in [0.1, 0.15) is 20.8 Å². The van der Waals surface area contributed by atoms with E-state index in [0.717, 1.165) is 13.8 Å². The van der Waals surface area contributed by atoms with Crippen LogP contribution in [0.5, 0.6) is 11.5 Å². The third kappa shape index (κ3) is 12.1. The molecule has 25 atom stereocenters. The first kappa shape index (κ1) is 55.7. The Morgan fingerprint density at radius 2 is 0.914 bits per heavy atom. The van der Waals surface area contributed by atoms with Crippen LogP contribution in [0.15, 0.2) is 24.3 Å². The lowest BCUT2D eigenvalue weighted by molar-refractivity contribution is -0.382. The number of carboxylic acids is 1. The van der Waals surface area contributed by atoms with E-state index in [2.05, 4.69) is 10.6 Å². The molecule has 398 valence electrons. The molecule has 0 bridgehead atoms. The van der Waals surface area contributed by atoms with Crippen molar-refractivity contribution in [2.24, 2.45) is 0 Å². The van der Waals surface area contributed by atoms with E-state index in [4.69, 9.17) is 52.1 Å². The maximum atomic E-state index is 12.5. The fourth-order valence-electron chi connectivity index (χ4n) is 8.66. The molecule has 5 fully saturated rings. The summed E-state index contributed by atoms with van der Waals surface area (Å²) in [7, 11) is 1.46. The van der Waals surface area contributed by atoms with Gasteiger partial charge >= 0.3 is 5.97 Å². The maximum absolute atomic E-state index is 12.5. The van der Waals surface area contributed by atoms with E-state index < -0.39 is 191 Å². The zero-order valence-electron chi connectivity index (χ0n) is 37.9. The number of carboxylic acid groups (broad SMARTS) is 1. The van der Waals surface area contributed by atoms with Crippen LogP contribution in [0.2, 0.25) is 0 Å². The Kier molecular flexibility index (Phi) is 19.1. The summed E-state index contributed by atoms with van der Waals surface area (Å²) in [5.74, 6) is -2.53. The molecule has 0 aliphatic carbocycles. The molecule has 5 heterocycles. The highest BCUT2D eigenvalue weighted by Gasteiger charge is 2.57. The van der Waals surface area contributed by atoms with Crippen molar-refractivity contribution in [2.45, 2.75) is 174 Å². The maximum Gasteiger partial charge on any atom is 0.335 e. The van der Waals surface area contributed by atoms with Crippen LogP contribution in [-0.4, -0.2) is 265 Å². The molecule has 5 aliphatic rings. The molecule has 29 nitrogen and oxygen atoms in total. The van der Waals surface area contributed by atoms with E-state index in [0.29, 0.717) is 5.75 Å². The van der Waals surface area contributed by atoms with Gasteiger partial charge in [0.1, 0.15) is 121 Å². The SMILES string of the molecule is COc1ccc(O[C@@H]2O[C@H](CO)[C@@H](O)[C@H](O[C@@H]3O[C@@H](C)[C@H](O[C@H]4O[C@H](CO)[C@H](O)[C@H](O[C@@H]5O[C@H](CO)[C@H](O)[C@H](O[C@H]6O[C@H](C(=O)O)[C@H](O)[C@H](O)[C@H]6O)[C@H]5NC(C)=O)[C@H]4O)[C@@H](O)[C@H]3O)[C@H]2NC(C)=O)cc1. The molecule has 1 aromatic carbocycles. The highest BCUT2D eigenvalue weighted by atomic mass is 16.8. The predicted molar refractivity (Wildman–Crippen MR) is 220 cm³/mol. The fourth-order valence-corrected chi connectivity index (χ4v) is 8.66. The molecule has 0 spiro atoms. The van der Waals surface area contributed by atoms with Crippen LogP contribution < -0.4 is 20.1 Å². The zero-order chi connectivity index (χ0) is 51.5. The molecule has 5 saturated heterocycles. The summed E-state index contributed by atoms with van der Waals surface area (Å²) in [5.41, 5.74) is 0. The second kappa shape index (κ2) is 24.0. The molecule has 6 rings (SSSR count). The van der Waals surface area contributed by atoms with Crippen molar-refractivity contribution in [1.29, 1.82) is 0 Å². The molecule has 5 aliphatic heterocycles. The number of carbonyl (C=O) groups is 3. The second-order valence-electron chi connectivity index (χ2n) is 17.2. The van der Waals surface area contributed by atoms with E-state index in [9.17, 15) is 80.8 Å². The Balaban J connectivity index is 1.19. The molecule has 29 heteroatoms. The lowest BCUT2D eigenvalue weighted by Crippen LogP contribution is -2.70. The van der Waals surface area contributed by atoms with Crippen LogP contribution >= 0.6 is 0 Å². The summed E-state index contributed by atoms with van der Waals surface area (Å²) in [5, 5.41) is 145. The lowest BCUT2D eigenvalue weighted by atomic mass is 9.94. The fraction of sp³-hybridized carbons (Fsp3) is 0.780. The Labute approximate surface area is 397 Å². The van der Waals surface area contributed by atoms with Gasteiger partial charge in [-0.2, -0.15) is 0 Å². The number of rotatable bonds is 17. The van der Waals surface area contributed by atoms with Gasteiger partial charge in [-0.1, -0.05) is 0 Å². The molecule has 2 amide bonds. The van der Waals surface area contributed by atoms with Crippen LogP contribution in [0.4, 0.5) is 0 Å². The third-order valence-electron chi connectivity index (χ3n) is 12.3. The Morgan fingerprint density at radius 1 is 0.500 bits per heavy atom. The van der Waals surface area contributed by atoms with E-state index in [-0.39, 0.29) is 5.75 Å². The summed E-state index contributed by atoms with van der Waals surface area (Å²) >= 11 is 0. The van der Waals surface area contributed by atoms with E-state index in [1.165, 1.54) is 26.2 Å². The third-order valence-corrected chi connectivity index (χ3v) is 12.3. The summed E-state index contributed by atoms with van der Waals surface area (Å²) in [6.45, 7) is 0.791. The van der Waals surface area contributed by atoms with Gasteiger partial charge in [0.15, 0.2) is 31.3 Å². The normalized spacial score (nSPS) is 44.5. The average molecular weight is 1010 g/mol. The van der Waals surface area contributed by atoms with E-state index in [1.807, 2.05) is 0 Å². The van der Waals surface area contributed by atoms with E-state index >= 15 is 0 Å². The number of aliphatic hydroxyl groups is 12. The van der Waals surface area contributed by atoms with Gasteiger partial charge < -0.3 is 129 Å². The minimum atomic E-state index is -2.16. The monoisotopic (exact) mass is 1010 g/mol. The van der Waals surface area contributed by atoms with Gasteiger partial charge in [-0.25, -0.2) is 4.79 Å². The van der Waals surface area contributed by atoms with Crippen LogP contribution in [0, 0.1) is 0 Å². The Hall–Kier alpha value is -3.61. The number of aliphatic hydroxyl groups excluding tert-OH is 12. The van der Waals surface area contributed by atoms with Gasteiger partial charge in [-0.3, -0.25) is 9.59 Å². The van der Waals surface area contributed by atoms with Crippen LogP contribution in [0.3, 0.4) is 0 Å². The van der Waals surface area contributed by atoms with Gasteiger partial charge in [-0.05, 0) is 31.2 Å². The van der Waals surface area contributed by atoms with E-state index in [1.54, 1.807) is 12.1 Å². The van der Waals surface area contributed by atoms with Gasteiger partial charge in [0, 0.05) is 13.8 Å². The quantitative estimate of drug-likeness (QED) is 0.0689. The predicted octanol–water partition coefficient (Wildman–Crippen LogP) is -8.42. The van der Waals surface area contributed by atoms with Crippen molar-refractivity contribution in [3.8, 4) is 11.5 Å². The summed E-state index contributed by atoms with van der Waals surface area (Å²) in [4.78, 5) is 36.7. The molecule has 1 aromatic rings. The largest absolute Gasteiger partial charge is 0.497 e. The first-order valence-corrected chi connectivity index (χ1v) is 22.1. The zero-order valence-corrected chi connectivity index (χ0v) is 37.9. The van der Waals surface area contributed by atoms with Crippen molar-refractivity contribution in [2.75, 3.05) is 26.9 Å². The van der Waals surface area contributed by atoms with Crippen LogP contribution in [-0.2, 0) is 57.0 Å². The minimum Gasteiger partial charge on any atom is -0.497 e. The first-order valence-electron chi connectivity index (χ1n) is 22.1. The molecule has 70 heavy (non-hydrogen) atoms. The minimum absolute atomic E-state index is 0.221. The molecule has 0 saturated carbocycles. The van der Waals surface area contributed by atoms with Gasteiger partial charge in [-0.15, -0.1) is 0 Å². The Bertz CT molecular complexity index is 1870. The summed E-state index contributed by atoms with van der Waals surface area (Å²) in [6.07, 6.45) is -42.6. The molecule has 0 unspecified atom stereocenters. The topological polar surface area (TPSA) is 440 Å². The Morgan fingerprint density at radius 3 is 1.41 bits per heavy atom.